The third kappa shape index (κ3) is 2.40. The van der Waals surface area contributed by atoms with Crippen LogP contribution in [0.3, 0.4) is 0 Å². The molecule has 0 saturated carbocycles. The normalized spacial score (nSPS) is 10.8. The molecule has 0 saturated heterocycles. The van der Waals surface area contributed by atoms with E-state index in [9.17, 15) is 5.11 Å². The summed E-state index contributed by atoms with van der Waals surface area (Å²) in [5.74, 6) is 1.32. The molecule has 3 rings (SSSR count). The number of ether oxygens (including phenoxy) is 2. The number of aryl methyl sites for hydroxylation is 2. The van der Waals surface area contributed by atoms with Crippen molar-refractivity contribution in [2.45, 2.75) is 13.8 Å². The number of imidazole rings is 1. The number of methoxy groups -OCH3 is 2. The van der Waals surface area contributed by atoms with Crippen LogP contribution in [0, 0.1) is 13.8 Å². The molecule has 2 N–H and O–H groups in total. The highest BCUT2D eigenvalue weighted by Crippen LogP contribution is 2.40. The van der Waals surface area contributed by atoms with Crippen LogP contribution in [-0.2, 0) is 0 Å². The van der Waals surface area contributed by atoms with E-state index in [1.54, 1.807) is 18.3 Å². The van der Waals surface area contributed by atoms with Crippen molar-refractivity contribution in [1.82, 2.24) is 19.7 Å². The van der Waals surface area contributed by atoms with Gasteiger partial charge in [0, 0.05) is 18.0 Å². The van der Waals surface area contributed by atoms with E-state index in [1.807, 2.05) is 24.6 Å². The van der Waals surface area contributed by atoms with E-state index in [0.29, 0.717) is 17.3 Å². The summed E-state index contributed by atoms with van der Waals surface area (Å²) in [6.45, 7) is 3.89. The van der Waals surface area contributed by atoms with E-state index in [2.05, 4.69) is 15.2 Å². The maximum atomic E-state index is 10.1. The fourth-order valence-corrected chi connectivity index (χ4v) is 2.62. The van der Waals surface area contributed by atoms with Crippen molar-refractivity contribution in [2.75, 3.05) is 14.2 Å². The Hall–Kier alpha value is -2.96. The highest BCUT2D eigenvalue weighted by Gasteiger charge is 2.18. The predicted octanol–water partition coefficient (Wildman–Crippen LogP) is 2.60. The molecule has 2 heterocycles. The quantitative estimate of drug-likeness (QED) is 0.773. The highest BCUT2D eigenvalue weighted by molar-refractivity contribution is 5.68. The largest absolute Gasteiger partial charge is 0.502 e. The van der Waals surface area contributed by atoms with Crippen LogP contribution in [-0.4, -0.2) is 39.1 Å². The summed E-state index contributed by atoms with van der Waals surface area (Å²) in [7, 11) is 2.99. The number of benzene rings is 1. The average Bonchev–Trinajstić information content (AvgIpc) is 3.14. The van der Waals surface area contributed by atoms with Gasteiger partial charge in [-0.1, -0.05) is 0 Å². The van der Waals surface area contributed by atoms with Crippen molar-refractivity contribution >= 4 is 0 Å². The Morgan fingerprint density at radius 3 is 2.30 bits per heavy atom. The van der Waals surface area contributed by atoms with Crippen LogP contribution >= 0.6 is 0 Å². The third-order valence-corrected chi connectivity index (χ3v) is 3.71. The number of aromatic nitrogens is 4. The number of hydrogen-bond acceptors (Lipinski definition) is 5. The summed E-state index contributed by atoms with van der Waals surface area (Å²) < 4.78 is 12.4. The van der Waals surface area contributed by atoms with Gasteiger partial charge in [-0.15, -0.1) is 0 Å². The summed E-state index contributed by atoms with van der Waals surface area (Å²) in [6.07, 6.45) is 3.58. The van der Waals surface area contributed by atoms with E-state index < -0.39 is 0 Å². The number of aromatic hydroxyl groups is 1. The van der Waals surface area contributed by atoms with E-state index in [1.165, 1.54) is 14.2 Å². The second kappa shape index (κ2) is 5.68. The van der Waals surface area contributed by atoms with Crippen LogP contribution < -0.4 is 9.47 Å². The molecule has 0 atom stereocenters. The van der Waals surface area contributed by atoms with Gasteiger partial charge < -0.3 is 14.6 Å². The van der Waals surface area contributed by atoms with Crippen molar-refractivity contribution < 1.29 is 14.6 Å². The molecular weight excluding hydrogens is 296 g/mol. The van der Waals surface area contributed by atoms with Crippen LogP contribution in [0.15, 0.2) is 24.5 Å². The number of hydrogen-bond donors (Lipinski definition) is 2. The fraction of sp³-hybridized carbons (Fsp3) is 0.250. The molecule has 0 aliphatic heterocycles. The van der Waals surface area contributed by atoms with E-state index in [4.69, 9.17) is 9.47 Å². The lowest BCUT2D eigenvalue weighted by molar-refractivity contribution is 0.340. The Bertz CT molecular complexity index is 806. The molecule has 1 aromatic carbocycles. The lowest BCUT2D eigenvalue weighted by Gasteiger charge is -2.13. The van der Waals surface area contributed by atoms with Gasteiger partial charge in [0.1, 0.15) is 5.82 Å². The molecule has 0 fully saturated rings. The maximum absolute atomic E-state index is 10.1. The molecule has 0 unspecified atom stereocenters. The predicted molar refractivity (Wildman–Crippen MR) is 85.4 cm³/mol. The standard InChI is InChI=1S/C16H18N4O3/c1-9-14(10(2)19-18-9)20-6-5-17-16(20)11-7-12(22-3)15(21)13(8-11)23-4/h5-8,21H,1-4H3,(H,18,19). The lowest BCUT2D eigenvalue weighted by Crippen LogP contribution is -2.00. The SMILES string of the molecule is COc1cc(-c2nccn2-c2c(C)n[nH]c2C)cc(OC)c1O. The van der Waals surface area contributed by atoms with E-state index in [0.717, 1.165) is 22.6 Å². The topological polar surface area (TPSA) is 85.2 Å². The van der Waals surface area contributed by atoms with Gasteiger partial charge in [-0.3, -0.25) is 9.67 Å². The van der Waals surface area contributed by atoms with Gasteiger partial charge in [0.15, 0.2) is 11.5 Å². The number of H-pyrrole nitrogens is 1. The number of aromatic amines is 1. The van der Waals surface area contributed by atoms with Crippen molar-refractivity contribution in [3.63, 3.8) is 0 Å². The van der Waals surface area contributed by atoms with Gasteiger partial charge in [0.05, 0.1) is 31.3 Å². The molecule has 0 amide bonds. The number of nitrogens with zero attached hydrogens (tertiary/aromatic N) is 3. The molecule has 0 bridgehead atoms. The first kappa shape index (κ1) is 15.0. The first-order valence-electron chi connectivity index (χ1n) is 7.07. The Morgan fingerprint density at radius 2 is 1.78 bits per heavy atom. The maximum Gasteiger partial charge on any atom is 0.200 e. The second-order valence-corrected chi connectivity index (χ2v) is 5.13. The summed E-state index contributed by atoms with van der Waals surface area (Å²) >= 11 is 0. The third-order valence-electron chi connectivity index (χ3n) is 3.71. The zero-order valence-corrected chi connectivity index (χ0v) is 13.4. The summed E-state index contributed by atoms with van der Waals surface area (Å²) in [5.41, 5.74) is 3.53. The van der Waals surface area contributed by atoms with Gasteiger partial charge in [-0.2, -0.15) is 5.10 Å². The van der Waals surface area contributed by atoms with Crippen molar-refractivity contribution in [3.05, 3.63) is 35.9 Å². The van der Waals surface area contributed by atoms with Crippen molar-refractivity contribution in [1.29, 1.82) is 0 Å². The summed E-state index contributed by atoms with van der Waals surface area (Å²) in [5, 5.41) is 17.3. The van der Waals surface area contributed by atoms with Crippen LogP contribution in [0.4, 0.5) is 0 Å². The number of phenolic OH excluding ortho intramolecular Hbond substituents is 1. The monoisotopic (exact) mass is 314 g/mol. The van der Waals surface area contributed by atoms with Crippen molar-refractivity contribution in [3.8, 4) is 34.3 Å². The molecule has 23 heavy (non-hydrogen) atoms. The van der Waals surface area contributed by atoms with Crippen molar-refractivity contribution in [2.24, 2.45) is 0 Å². The number of rotatable bonds is 4. The Morgan fingerprint density at radius 1 is 1.13 bits per heavy atom. The Balaban J connectivity index is 2.20. The van der Waals surface area contributed by atoms with Gasteiger partial charge in [0.25, 0.3) is 0 Å². The second-order valence-electron chi connectivity index (χ2n) is 5.13. The fourth-order valence-electron chi connectivity index (χ4n) is 2.62. The first-order chi connectivity index (χ1) is 11.1. The highest BCUT2D eigenvalue weighted by atomic mass is 16.5. The number of phenols is 1. The minimum atomic E-state index is -0.0347. The Kier molecular flexibility index (Phi) is 3.69. The Labute approximate surface area is 133 Å². The smallest absolute Gasteiger partial charge is 0.200 e. The van der Waals surface area contributed by atoms with Crippen LogP contribution in [0.5, 0.6) is 17.2 Å². The van der Waals surface area contributed by atoms with E-state index in [-0.39, 0.29) is 5.75 Å². The minimum absolute atomic E-state index is 0.0347. The molecule has 3 aromatic rings. The van der Waals surface area contributed by atoms with Crippen LogP contribution in [0.25, 0.3) is 17.1 Å². The van der Waals surface area contributed by atoms with Crippen LogP contribution in [0.1, 0.15) is 11.4 Å². The van der Waals surface area contributed by atoms with Gasteiger partial charge in [-0.05, 0) is 26.0 Å². The zero-order chi connectivity index (χ0) is 16.6. The van der Waals surface area contributed by atoms with Gasteiger partial charge >= 0.3 is 0 Å². The molecule has 7 nitrogen and oxygen atoms in total. The van der Waals surface area contributed by atoms with Crippen LogP contribution in [0.2, 0.25) is 0 Å². The van der Waals surface area contributed by atoms with Gasteiger partial charge in [0.2, 0.25) is 5.75 Å². The van der Waals surface area contributed by atoms with E-state index >= 15 is 0 Å². The molecule has 0 spiro atoms. The molecule has 2 aromatic heterocycles. The van der Waals surface area contributed by atoms with Gasteiger partial charge in [-0.25, -0.2) is 4.98 Å². The minimum Gasteiger partial charge on any atom is -0.502 e. The summed E-state index contributed by atoms with van der Waals surface area (Å²) in [4.78, 5) is 4.43. The average molecular weight is 314 g/mol. The number of nitrogens with one attached hydrogen (secondary N) is 1. The molecule has 0 aliphatic carbocycles. The zero-order valence-electron chi connectivity index (χ0n) is 13.4. The molecule has 120 valence electrons. The molecule has 7 heteroatoms. The first-order valence-corrected chi connectivity index (χ1v) is 7.07. The molecule has 0 radical (unpaired) electrons. The summed E-state index contributed by atoms with van der Waals surface area (Å²) in [6, 6.07) is 3.45. The molecule has 0 aliphatic rings. The molecular formula is C16H18N4O3. The lowest BCUT2D eigenvalue weighted by atomic mass is 10.1.